The van der Waals surface area contributed by atoms with Crippen LogP contribution in [0.5, 0.6) is 0 Å². The van der Waals surface area contributed by atoms with Gasteiger partial charge >= 0.3 is 11.9 Å². The molecule has 7 rings (SSSR count). The van der Waals surface area contributed by atoms with Crippen molar-refractivity contribution in [3.8, 4) is 0 Å². The van der Waals surface area contributed by atoms with E-state index in [-0.39, 0.29) is 19.1 Å². The predicted octanol–water partition coefficient (Wildman–Crippen LogP) is 4.72. The van der Waals surface area contributed by atoms with Crippen molar-refractivity contribution in [2.24, 2.45) is 34.5 Å². The van der Waals surface area contributed by atoms with Crippen molar-refractivity contribution >= 4 is 11.9 Å². The predicted molar refractivity (Wildman–Crippen MR) is 211 cm³/mol. The van der Waals surface area contributed by atoms with Gasteiger partial charge in [0.15, 0.2) is 5.60 Å². The number of likely N-dealkylation sites (tertiary alicyclic amines) is 1. The molecule has 3 N–H and O–H groups in total. The van der Waals surface area contributed by atoms with Crippen LogP contribution in [0.15, 0.2) is 42.5 Å². The Labute approximate surface area is 338 Å². The average molecular weight is 798 g/mol. The number of benzene rings is 1. The lowest BCUT2D eigenvalue weighted by Crippen LogP contribution is -2.81. The highest BCUT2D eigenvalue weighted by molar-refractivity contribution is 5.89. The topological polar surface area (TPSA) is 153 Å². The first-order chi connectivity index (χ1) is 27.5. The van der Waals surface area contributed by atoms with Crippen molar-refractivity contribution in [1.29, 1.82) is 0 Å². The van der Waals surface area contributed by atoms with Crippen LogP contribution in [0.3, 0.4) is 0 Å². The zero-order valence-corrected chi connectivity index (χ0v) is 34.8. The highest BCUT2D eigenvalue weighted by atomic mass is 16.6. The third kappa shape index (κ3) is 6.37. The molecule has 15 atom stereocenters. The lowest BCUT2D eigenvalue weighted by Gasteiger charge is -2.70. The Morgan fingerprint density at radius 3 is 2.21 bits per heavy atom. The summed E-state index contributed by atoms with van der Waals surface area (Å²) in [6, 6.07) is 8.21. The maximum absolute atomic E-state index is 14.3. The van der Waals surface area contributed by atoms with Gasteiger partial charge in [0.25, 0.3) is 0 Å². The fourth-order valence-electron chi connectivity index (χ4n) is 13.9. The minimum atomic E-state index is -1.86. The molecule has 57 heavy (non-hydrogen) atoms. The molecular weight excluding hydrogens is 730 g/mol. The number of aliphatic hydroxyl groups is 3. The highest BCUT2D eigenvalue weighted by Gasteiger charge is 2.92. The number of hydrogen-bond donors (Lipinski definition) is 3. The molecule has 1 aliphatic heterocycles. The molecule has 318 valence electrons. The van der Waals surface area contributed by atoms with E-state index in [2.05, 4.69) is 11.8 Å². The summed E-state index contributed by atoms with van der Waals surface area (Å²) in [6.45, 7) is 2.92. The SMILES string of the molecule is CCCCCCCCCCC/C=C/C(=O)O[C@]12[C@H]3[C@@H](OC(=O)c4ccccc4)[C@](O)(C[C@H]3[C@@]34C5[C@@H]1[C@H](OC)[C@@H]3[C@](COC)(CN5C)[C@H](O)C[C@@H]4OC)[C@@H](OC)[C@@H]2O. The maximum atomic E-state index is 14.3. The zero-order valence-electron chi connectivity index (χ0n) is 34.8. The highest BCUT2D eigenvalue weighted by Crippen LogP contribution is 2.80. The standard InChI is InChI=1S/C45H67NO11/c1-7-8-9-10-11-12-13-14-15-16-20-23-32(48)57-45-33-29(25-43(51,40(55-6)38(45)49)39(33)56-41(50)28-21-18-17-19-22-28)44-31(53-4)24-30(47)42(27-52-3)26-46(2)37(44)34(45)35(54-5)36(42)44/h17-23,29-31,33-40,47,49,51H,7-16,24-27H2,1-6H3/b23-20+/t29-,30-,31+,33-,34+,35+,36-,37?,38+,39-,40+,42+,43-,44+,45-/m1/s1. The number of aliphatic hydroxyl groups excluding tert-OH is 2. The number of hydrogen-bond acceptors (Lipinski definition) is 12. The molecule has 12 nitrogen and oxygen atoms in total. The molecule has 1 spiro atoms. The first kappa shape index (κ1) is 42.7. The molecular formula is C45H67NO11. The van der Waals surface area contributed by atoms with E-state index >= 15 is 0 Å². The van der Waals surface area contributed by atoms with Crippen molar-refractivity contribution in [2.75, 3.05) is 48.6 Å². The van der Waals surface area contributed by atoms with Gasteiger partial charge in [-0.05, 0) is 44.4 Å². The van der Waals surface area contributed by atoms with Crippen LogP contribution in [0.2, 0.25) is 0 Å². The molecule has 1 aromatic carbocycles. The number of rotatable bonds is 19. The summed E-state index contributed by atoms with van der Waals surface area (Å²) in [5, 5.41) is 38.0. The van der Waals surface area contributed by atoms with Gasteiger partial charge in [-0.2, -0.15) is 0 Å². The first-order valence-electron chi connectivity index (χ1n) is 21.5. The van der Waals surface area contributed by atoms with Crippen molar-refractivity contribution in [3.63, 3.8) is 0 Å². The van der Waals surface area contributed by atoms with Crippen molar-refractivity contribution in [1.82, 2.24) is 4.90 Å². The second-order valence-corrected chi connectivity index (χ2v) is 18.1. The van der Waals surface area contributed by atoms with Gasteiger partial charge in [0.05, 0.1) is 30.5 Å². The van der Waals surface area contributed by atoms with Crippen LogP contribution in [-0.2, 0) is 33.2 Å². The maximum Gasteiger partial charge on any atom is 0.338 e. The van der Waals surface area contributed by atoms with E-state index in [0.717, 1.165) is 19.3 Å². The minimum Gasteiger partial charge on any atom is -0.455 e. The minimum absolute atomic E-state index is 0.0662. The van der Waals surface area contributed by atoms with Gasteiger partial charge in [-0.3, -0.25) is 0 Å². The first-order valence-corrected chi connectivity index (χ1v) is 21.5. The summed E-state index contributed by atoms with van der Waals surface area (Å²) < 4.78 is 38.2. The molecule has 1 aromatic rings. The molecule has 1 saturated heterocycles. The number of fused-ring (bicyclic) bond motifs is 2. The molecule has 12 heteroatoms. The molecule has 6 aliphatic rings. The summed E-state index contributed by atoms with van der Waals surface area (Å²) in [4.78, 5) is 30.6. The average Bonchev–Trinajstić information content (AvgIpc) is 3.59. The quantitative estimate of drug-likeness (QED) is 0.101. The van der Waals surface area contributed by atoms with E-state index in [1.54, 1.807) is 51.7 Å². The lowest BCUT2D eigenvalue weighted by molar-refractivity contribution is -0.320. The van der Waals surface area contributed by atoms with Crippen molar-refractivity contribution < 1.29 is 53.3 Å². The molecule has 1 unspecified atom stereocenters. The summed E-state index contributed by atoms with van der Waals surface area (Å²) in [5.74, 6) is -3.79. The Kier molecular flexibility index (Phi) is 12.7. The van der Waals surface area contributed by atoms with Gasteiger partial charge in [-0.15, -0.1) is 0 Å². The number of esters is 2. The van der Waals surface area contributed by atoms with Gasteiger partial charge < -0.3 is 48.6 Å². The number of piperidine rings is 1. The van der Waals surface area contributed by atoms with Gasteiger partial charge in [0.2, 0.25) is 0 Å². The molecule has 0 aromatic heterocycles. The summed E-state index contributed by atoms with van der Waals surface area (Å²) in [7, 11) is 8.32. The zero-order chi connectivity index (χ0) is 40.8. The van der Waals surface area contributed by atoms with Crippen molar-refractivity contribution in [3.05, 3.63) is 48.0 Å². The number of ether oxygens (including phenoxy) is 6. The summed E-state index contributed by atoms with van der Waals surface area (Å²) >= 11 is 0. The largest absolute Gasteiger partial charge is 0.455 e. The van der Waals surface area contributed by atoms with E-state index in [9.17, 15) is 24.9 Å². The van der Waals surface area contributed by atoms with Crippen LogP contribution in [0, 0.1) is 34.5 Å². The Bertz CT molecular complexity index is 1590. The van der Waals surface area contributed by atoms with Crippen LogP contribution >= 0.6 is 0 Å². The molecule has 1 heterocycles. The third-order valence-electron chi connectivity index (χ3n) is 15.6. The number of unbranched alkanes of at least 4 members (excludes halogenated alkanes) is 9. The Morgan fingerprint density at radius 1 is 0.895 bits per heavy atom. The van der Waals surface area contributed by atoms with Crippen LogP contribution in [-0.4, -0.2) is 135 Å². The normalized spacial score (nSPS) is 42.7. The molecule has 0 radical (unpaired) electrons. The number of nitrogens with zero attached hydrogens (tertiary/aromatic N) is 1. The third-order valence-corrected chi connectivity index (χ3v) is 15.6. The van der Waals surface area contributed by atoms with E-state index < -0.39 is 94.3 Å². The summed E-state index contributed by atoms with van der Waals surface area (Å²) in [5.41, 5.74) is -4.93. The fraction of sp³-hybridized carbons (Fsp3) is 0.778. The monoisotopic (exact) mass is 797 g/mol. The number of carbonyl (C=O) groups is 2. The lowest BCUT2D eigenvalue weighted by atomic mass is 9.42. The molecule has 0 amide bonds. The molecule has 6 fully saturated rings. The smallest absolute Gasteiger partial charge is 0.338 e. The van der Waals surface area contributed by atoms with Gasteiger partial charge in [0, 0.05) is 82.1 Å². The van der Waals surface area contributed by atoms with Gasteiger partial charge in [-0.1, -0.05) is 82.6 Å². The number of allylic oxidation sites excluding steroid dienone is 1. The summed E-state index contributed by atoms with van der Waals surface area (Å²) in [6.07, 6.45) is 9.10. The number of carbonyl (C=O) groups excluding carboxylic acids is 2. The second kappa shape index (κ2) is 16.9. The van der Waals surface area contributed by atoms with E-state index in [4.69, 9.17) is 28.4 Å². The van der Waals surface area contributed by atoms with Crippen LogP contribution in [0.4, 0.5) is 0 Å². The van der Waals surface area contributed by atoms with Gasteiger partial charge in [0.1, 0.15) is 23.9 Å². The van der Waals surface area contributed by atoms with E-state index in [0.29, 0.717) is 24.9 Å². The van der Waals surface area contributed by atoms with E-state index in [1.807, 2.05) is 13.1 Å². The van der Waals surface area contributed by atoms with E-state index in [1.165, 1.54) is 51.7 Å². The van der Waals surface area contributed by atoms with Gasteiger partial charge in [-0.25, -0.2) is 9.59 Å². The molecule has 7 bridgehead atoms. The molecule has 5 aliphatic carbocycles. The number of methoxy groups -OCH3 is 4. The fourth-order valence-corrected chi connectivity index (χ4v) is 13.9. The van der Waals surface area contributed by atoms with Crippen LogP contribution in [0.25, 0.3) is 0 Å². The Hall–Kier alpha value is -2.42. The van der Waals surface area contributed by atoms with Crippen LogP contribution < -0.4 is 0 Å². The second-order valence-electron chi connectivity index (χ2n) is 18.1. The Morgan fingerprint density at radius 2 is 1.58 bits per heavy atom. The van der Waals surface area contributed by atoms with Crippen LogP contribution in [0.1, 0.15) is 94.3 Å². The van der Waals surface area contributed by atoms with Crippen molar-refractivity contribution in [2.45, 2.75) is 138 Å². The molecule has 5 saturated carbocycles. The Balaban J connectivity index is 1.30.